The van der Waals surface area contributed by atoms with Crippen molar-refractivity contribution in [2.24, 2.45) is 5.92 Å². The molecule has 12 heteroatoms. The second kappa shape index (κ2) is 8.93. The topological polar surface area (TPSA) is 110 Å². The van der Waals surface area contributed by atoms with Crippen molar-refractivity contribution in [1.82, 2.24) is 15.0 Å². The molecular formula is C24H32FN5O5Si. The number of anilines is 2. The fourth-order valence-electron chi connectivity index (χ4n) is 6.14. The minimum Gasteiger partial charge on any atom is -0.447 e. The zero-order valence-corrected chi connectivity index (χ0v) is 22.0. The van der Waals surface area contributed by atoms with E-state index in [4.69, 9.17) is 14.6 Å². The maximum Gasteiger partial charge on any atom is 0.414 e. The van der Waals surface area contributed by atoms with Crippen LogP contribution in [0.2, 0.25) is 18.6 Å². The molecule has 0 saturated carbocycles. The summed E-state index contributed by atoms with van der Waals surface area (Å²) in [5, 5.41) is 17.3. The number of aryl methyl sites for hydroxylation is 1. The number of likely N-dealkylation sites (N-methyl/N-ethyl adjacent to an activating group) is 1. The van der Waals surface area contributed by atoms with Gasteiger partial charge in [-0.05, 0) is 37.7 Å². The number of hydrogen-bond acceptors (Lipinski definition) is 7. The Bertz CT molecular complexity index is 1190. The van der Waals surface area contributed by atoms with Gasteiger partial charge in [-0.25, -0.2) is 4.79 Å². The van der Waals surface area contributed by atoms with E-state index in [2.05, 4.69) is 10.3 Å². The molecule has 1 aromatic carbocycles. The molecule has 2 aromatic rings. The van der Waals surface area contributed by atoms with E-state index < -0.39 is 37.7 Å². The fraction of sp³-hybridized carbons (Fsp3) is 0.583. The van der Waals surface area contributed by atoms with Gasteiger partial charge in [0.15, 0.2) is 5.60 Å². The fourth-order valence-corrected chi connectivity index (χ4v) is 8.69. The van der Waals surface area contributed by atoms with Crippen molar-refractivity contribution in [3.8, 4) is 0 Å². The molecule has 3 aliphatic rings. The Labute approximate surface area is 210 Å². The van der Waals surface area contributed by atoms with Crippen LogP contribution in [0.5, 0.6) is 0 Å². The molecule has 0 aliphatic carbocycles. The number of cyclic esters (lactones) is 1. The number of ether oxygens (including phenoxy) is 2. The van der Waals surface area contributed by atoms with Crippen LogP contribution in [-0.2, 0) is 32.8 Å². The summed E-state index contributed by atoms with van der Waals surface area (Å²) < 4.78 is 29.3. The average Bonchev–Trinajstić information content (AvgIpc) is 3.57. The summed E-state index contributed by atoms with van der Waals surface area (Å²) in [5.41, 5.74) is 0.912. The van der Waals surface area contributed by atoms with Crippen LogP contribution in [0, 0.1) is 5.92 Å². The van der Waals surface area contributed by atoms with E-state index in [1.54, 1.807) is 42.0 Å². The second-order valence-electron chi connectivity index (χ2n) is 10.3. The highest BCUT2D eigenvalue weighted by Gasteiger charge is 2.66. The highest BCUT2D eigenvalue weighted by atomic mass is 28.4. The van der Waals surface area contributed by atoms with Crippen molar-refractivity contribution >= 4 is 31.8 Å². The Morgan fingerprint density at radius 2 is 2.08 bits per heavy atom. The Morgan fingerprint density at radius 3 is 2.75 bits per heavy atom. The van der Waals surface area contributed by atoms with Crippen LogP contribution in [0.4, 0.5) is 20.3 Å². The van der Waals surface area contributed by atoms with E-state index in [-0.39, 0.29) is 12.5 Å². The average molecular weight is 518 g/mol. The monoisotopic (exact) mass is 517 g/mol. The summed E-state index contributed by atoms with van der Waals surface area (Å²) >= 11 is 0. The molecule has 2 fully saturated rings. The number of carbonyl (C=O) groups excluding carboxylic acids is 2. The summed E-state index contributed by atoms with van der Waals surface area (Å²) in [6.07, 6.45) is 1.72. The van der Waals surface area contributed by atoms with Gasteiger partial charge in [0.05, 0.1) is 24.0 Å². The van der Waals surface area contributed by atoms with Crippen LogP contribution in [0.1, 0.15) is 24.6 Å². The molecule has 2 amide bonds. The summed E-state index contributed by atoms with van der Waals surface area (Å²) in [6.45, 7) is 6.41. The summed E-state index contributed by atoms with van der Waals surface area (Å²) in [6, 6.07) is 5.44. The second-order valence-corrected chi connectivity index (χ2v) is 14.1. The third kappa shape index (κ3) is 3.82. The zero-order valence-electron chi connectivity index (χ0n) is 21.0. The lowest BCUT2D eigenvalue weighted by Gasteiger charge is -2.31. The van der Waals surface area contributed by atoms with Gasteiger partial charge in [0.2, 0.25) is 8.41 Å². The summed E-state index contributed by atoms with van der Waals surface area (Å²) in [5.74, 6) is -0.630. The van der Waals surface area contributed by atoms with Crippen LogP contribution < -0.4 is 9.80 Å². The van der Waals surface area contributed by atoms with Gasteiger partial charge in [-0.2, -0.15) is 0 Å². The Balaban J connectivity index is 1.50. The minimum absolute atomic E-state index is 0.0135. The van der Waals surface area contributed by atoms with E-state index in [9.17, 15) is 9.59 Å². The Morgan fingerprint density at radius 1 is 1.31 bits per heavy atom. The molecule has 1 spiro atoms. The minimum atomic E-state index is -3.27. The van der Waals surface area contributed by atoms with E-state index >= 15 is 4.11 Å². The number of amides is 2. The molecular weight excluding hydrogens is 485 g/mol. The van der Waals surface area contributed by atoms with Gasteiger partial charge in [0.25, 0.3) is 5.91 Å². The first kappa shape index (κ1) is 24.8. The van der Waals surface area contributed by atoms with Gasteiger partial charge in [-0.1, -0.05) is 12.1 Å². The number of carbonyl (C=O) groups is 2. The van der Waals surface area contributed by atoms with Gasteiger partial charge < -0.3 is 23.6 Å². The van der Waals surface area contributed by atoms with Crippen LogP contribution in [-0.4, -0.2) is 73.4 Å². The molecule has 10 nitrogen and oxygen atoms in total. The summed E-state index contributed by atoms with van der Waals surface area (Å²) in [7, 11) is -1.57. The van der Waals surface area contributed by atoms with E-state index in [1.807, 2.05) is 19.1 Å². The van der Waals surface area contributed by atoms with Crippen molar-refractivity contribution in [2.45, 2.75) is 56.7 Å². The van der Waals surface area contributed by atoms with Crippen LogP contribution in [0.15, 0.2) is 24.4 Å². The first-order chi connectivity index (χ1) is 17.1. The molecule has 194 valence electrons. The number of benzene rings is 1. The number of fused-ring (bicyclic) bond motifs is 2. The third-order valence-corrected chi connectivity index (χ3v) is 10.2. The number of hydrogen-bond donors (Lipinski definition) is 1. The highest BCUT2D eigenvalue weighted by molar-refractivity contribution is 6.72. The maximum atomic E-state index is 15.8. The Kier molecular flexibility index (Phi) is 6.16. The molecule has 1 N–H and O–H groups in total. The first-order valence-corrected chi connectivity index (χ1v) is 15.3. The standard InChI is InChI=1S/C24H32FN5O5Si/c1-15-21(36(3,4)25)20(7-9-29-14-16(8-11-31)26-27-29)35-24(15)18-13-17(30-10-12-34-23(30)33)5-6-19(18)28(2)22(24)32/h5-6,13-15,20-21,31H,7-12H2,1-4H3/t15-,20+,21-,24+/m1/s1. The molecule has 4 atom stereocenters. The molecule has 1 aromatic heterocycles. The third-order valence-electron chi connectivity index (χ3n) is 7.74. The van der Waals surface area contributed by atoms with Crippen molar-refractivity contribution in [3.63, 3.8) is 0 Å². The molecule has 36 heavy (non-hydrogen) atoms. The lowest BCUT2D eigenvalue weighted by molar-refractivity contribution is -0.145. The molecule has 0 bridgehead atoms. The van der Waals surface area contributed by atoms with Crippen LogP contribution in [0.3, 0.4) is 0 Å². The van der Waals surface area contributed by atoms with Gasteiger partial charge in [-0.3, -0.25) is 14.4 Å². The van der Waals surface area contributed by atoms with Gasteiger partial charge >= 0.3 is 6.09 Å². The quantitative estimate of drug-likeness (QED) is 0.444. The van der Waals surface area contributed by atoms with Crippen molar-refractivity contribution in [3.05, 3.63) is 35.7 Å². The number of nitrogens with zero attached hydrogens (tertiary/aromatic N) is 5. The van der Waals surface area contributed by atoms with Crippen molar-refractivity contribution in [1.29, 1.82) is 0 Å². The number of aromatic nitrogens is 3. The maximum absolute atomic E-state index is 15.8. The molecule has 0 radical (unpaired) electrons. The smallest absolute Gasteiger partial charge is 0.414 e. The number of aliphatic hydroxyl groups excluding tert-OH is 1. The SMILES string of the molecule is C[C@@H]1[C@@H]([Si](C)(C)F)[C@H](CCn2cc(CCO)nn2)O[C@@]12C(=O)N(C)c1ccc(N3CCOC3=O)cc12. The first-order valence-electron chi connectivity index (χ1n) is 12.3. The predicted molar refractivity (Wildman–Crippen MR) is 132 cm³/mol. The Hall–Kier alpha value is -2.83. The van der Waals surface area contributed by atoms with Gasteiger partial charge in [-0.15, -0.1) is 5.10 Å². The van der Waals surface area contributed by atoms with E-state index in [0.717, 1.165) is 0 Å². The lowest BCUT2D eigenvalue weighted by Crippen LogP contribution is -2.44. The van der Waals surface area contributed by atoms with Gasteiger partial charge in [0, 0.05) is 55.5 Å². The zero-order chi connectivity index (χ0) is 25.8. The summed E-state index contributed by atoms with van der Waals surface area (Å²) in [4.78, 5) is 29.1. The van der Waals surface area contributed by atoms with Crippen molar-refractivity contribution < 1.29 is 28.3 Å². The molecule has 2 saturated heterocycles. The molecule has 3 aliphatic heterocycles. The molecule has 5 rings (SSSR count). The van der Waals surface area contributed by atoms with E-state index in [1.165, 1.54) is 4.90 Å². The normalized spacial score (nSPS) is 27.9. The van der Waals surface area contributed by atoms with Crippen LogP contribution >= 0.6 is 0 Å². The largest absolute Gasteiger partial charge is 0.447 e. The highest BCUT2D eigenvalue weighted by Crippen LogP contribution is 2.60. The van der Waals surface area contributed by atoms with E-state index in [0.29, 0.717) is 55.2 Å². The van der Waals surface area contributed by atoms with Gasteiger partial charge in [0.1, 0.15) is 6.61 Å². The number of halogens is 1. The van der Waals surface area contributed by atoms with Crippen LogP contribution in [0.25, 0.3) is 0 Å². The lowest BCUT2D eigenvalue weighted by atomic mass is 9.82. The molecule has 0 unspecified atom stereocenters. The predicted octanol–water partition coefficient (Wildman–Crippen LogP) is 2.61. The number of aliphatic hydroxyl groups is 1. The molecule has 4 heterocycles. The number of rotatable bonds is 7. The van der Waals surface area contributed by atoms with Crippen molar-refractivity contribution in [2.75, 3.05) is 36.6 Å².